The molecule has 0 aliphatic rings. The summed E-state index contributed by atoms with van der Waals surface area (Å²) < 4.78 is 5.04. The molecular formula is C9H4N2O2. The molecule has 0 aliphatic heterocycles. The van der Waals surface area contributed by atoms with Crippen LogP contribution in [0.25, 0.3) is 11.1 Å². The molecule has 0 bridgehead atoms. The molecule has 1 heterocycles. The van der Waals surface area contributed by atoms with Gasteiger partial charge >= 0.3 is 5.89 Å². The lowest BCUT2D eigenvalue weighted by atomic mass is 10.2. The lowest BCUT2D eigenvalue weighted by Crippen LogP contribution is -1.78. The summed E-state index contributed by atoms with van der Waals surface area (Å²) in [5, 5.41) is 8.51. The predicted octanol–water partition coefficient (Wildman–Crippen LogP) is 1.51. The normalized spacial score (nSPS) is 9.77. The van der Waals surface area contributed by atoms with Gasteiger partial charge in [0, 0.05) is 0 Å². The van der Waals surface area contributed by atoms with Crippen molar-refractivity contribution < 1.29 is 9.21 Å². The van der Waals surface area contributed by atoms with Crippen molar-refractivity contribution in [1.82, 2.24) is 4.98 Å². The average molecular weight is 172 g/mol. The van der Waals surface area contributed by atoms with Crippen molar-refractivity contribution >= 4 is 17.4 Å². The van der Waals surface area contributed by atoms with E-state index in [0.29, 0.717) is 22.9 Å². The number of rotatable bonds is 1. The van der Waals surface area contributed by atoms with E-state index in [1.807, 2.05) is 0 Å². The first-order valence-corrected chi connectivity index (χ1v) is 3.60. The molecular weight excluding hydrogens is 168 g/mol. The highest BCUT2D eigenvalue weighted by Crippen LogP contribution is 2.17. The van der Waals surface area contributed by atoms with Crippen LogP contribution < -0.4 is 0 Å². The van der Waals surface area contributed by atoms with Crippen LogP contribution in [0.2, 0.25) is 0 Å². The third-order valence-electron chi connectivity index (χ3n) is 1.67. The third-order valence-corrected chi connectivity index (χ3v) is 1.67. The summed E-state index contributed by atoms with van der Waals surface area (Å²) in [5.74, 6) is -0.0238. The summed E-state index contributed by atoms with van der Waals surface area (Å²) in [5.41, 5.74) is 1.31. The van der Waals surface area contributed by atoms with E-state index in [-0.39, 0.29) is 5.89 Å². The Morgan fingerprint density at radius 3 is 3.08 bits per heavy atom. The number of nitriles is 1. The Morgan fingerprint density at radius 1 is 1.54 bits per heavy atom. The Bertz CT molecular complexity index is 508. The lowest BCUT2D eigenvalue weighted by molar-refractivity contribution is 0.112. The van der Waals surface area contributed by atoms with Gasteiger partial charge in [0.05, 0.1) is 5.56 Å². The van der Waals surface area contributed by atoms with E-state index in [2.05, 4.69) is 4.98 Å². The van der Waals surface area contributed by atoms with Crippen LogP contribution in [0.15, 0.2) is 22.6 Å². The molecule has 0 unspecified atom stereocenters. The van der Waals surface area contributed by atoms with Crippen LogP contribution in [-0.4, -0.2) is 11.3 Å². The molecule has 2 rings (SSSR count). The van der Waals surface area contributed by atoms with E-state index < -0.39 is 0 Å². The molecule has 4 heteroatoms. The summed E-state index contributed by atoms with van der Waals surface area (Å²) >= 11 is 0. The minimum Gasteiger partial charge on any atom is -0.428 e. The van der Waals surface area contributed by atoms with Crippen molar-refractivity contribution in [2.45, 2.75) is 0 Å². The van der Waals surface area contributed by atoms with Gasteiger partial charge in [-0.2, -0.15) is 10.2 Å². The fourth-order valence-corrected chi connectivity index (χ4v) is 1.11. The summed E-state index contributed by atoms with van der Waals surface area (Å²) in [6.07, 6.45) is 0.675. The number of hydrogen-bond acceptors (Lipinski definition) is 4. The summed E-state index contributed by atoms with van der Waals surface area (Å²) in [7, 11) is 0. The maximum absolute atomic E-state index is 10.5. The molecule has 0 atom stereocenters. The molecule has 0 aliphatic carbocycles. The van der Waals surface area contributed by atoms with E-state index in [0.717, 1.165) is 0 Å². The first-order valence-electron chi connectivity index (χ1n) is 3.60. The Balaban J connectivity index is 2.83. The van der Waals surface area contributed by atoms with Crippen molar-refractivity contribution in [3.05, 3.63) is 29.7 Å². The Kier molecular flexibility index (Phi) is 1.57. The molecule has 1 aromatic carbocycles. The number of carbonyl (C=O) groups excluding carboxylic acids is 1. The third kappa shape index (κ3) is 1.07. The van der Waals surface area contributed by atoms with Crippen molar-refractivity contribution in [3.63, 3.8) is 0 Å². The number of benzene rings is 1. The molecule has 0 amide bonds. The van der Waals surface area contributed by atoms with E-state index in [1.54, 1.807) is 24.3 Å². The molecule has 13 heavy (non-hydrogen) atoms. The van der Waals surface area contributed by atoms with Crippen molar-refractivity contribution in [1.29, 1.82) is 5.26 Å². The zero-order valence-electron chi connectivity index (χ0n) is 6.52. The average Bonchev–Trinajstić information content (AvgIpc) is 2.59. The second kappa shape index (κ2) is 2.72. The van der Waals surface area contributed by atoms with E-state index >= 15 is 0 Å². The zero-order valence-corrected chi connectivity index (χ0v) is 6.52. The Hall–Kier alpha value is -2.15. The quantitative estimate of drug-likeness (QED) is 0.611. The molecule has 62 valence electrons. The topological polar surface area (TPSA) is 66.9 Å². The first kappa shape index (κ1) is 7.50. The van der Waals surface area contributed by atoms with Gasteiger partial charge in [-0.05, 0) is 12.1 Å². The van der Waals surface area contributed by atoms with Gasteiger partial charge in [-0.25, -0.2) is 0 Å². The second-order valence-corrected chi connectivity index (χ2v) is 2.44. The molecule has 0 fully saturated rings. The van der Waals surface area contributed by atoms with Crippen molar-refractivity contribution in [2.75, 3.05) is 0 Å². The number of oxazole rings is 1. The van der Waals surface area contributed by atoms with Gasteiger partial charge in [0.15, 0.2) is 17.9 Å². The molecule has 0 spiro atoms. The smallest absolute Gasteiger partial charge is 0.301 e. The van der Waals surface area contributed by atoms with E-state index in [4.69, 9.17) is 9.68 Å². The van der Waals surface area contributed by atoms with Gasteiger partial charge in [-0.3, -0.25) is 4.79 Å². The molecule has 0 radical (unpaired) electrons. The van der Waals surface area contributed by atoms with Gasteiger partial charge < -0.3 is 4.42 Å². The summed E-state index contributed by atoms with van der Waals surface area (Å²) in [4.78, 5) is 14.4. The number of fused-ring (bicyclic) bond motifs is 1. The summed E-state index contributed by atoms with van der Waals surface area (Å²) in [6.45, 7) is 0. The fourth-order valence-electron chi connectivity index (χ4n) is 1.11. The number of carbonyl (C=O) groups is 1. The molecule has 4 nitrogen and oxygen atoms in total. The van der Waals surface area contributed by atoms with E-state index in [9.17, 15) is 4.79 Å². The van der Waals surface area contributed by atoms with Crippen LogP contribution >= 0.6 is 0 Å². The number of hydrogen-bond donors (Lipinski definition) is 0. The Labute approximate surface area is 73.4 Å². The van der Waals surface area contributed by atoms with Crippen molar-refractivity contribution in [3.8, 4) is 6.07 Å². The second-order valence-electron chi connectivity index (χ2n) is 2.44. The van der Waals surface area contributed by atoms with Crippen LogP contribution in [0.3, 0.4) is 0 Å². The van der Waals surface area contributed by atoms with Gasteiger partial charge in [0.25, 0.3) is 0 Å². The highest BCUT2D eigenvalue weighted by atomic mass is 16.3. The minimum atomic E-state index is -0.0238. The molecule has 0 saturated heterocycles. The van der Waals surface area contributed by atoms with E-state index in [1.165, 1.54) is 0 Å². The monoisotopic (exact) mass is 172 g/mol. The van der Waals surface area contributed by atoms with Crippen LogP contribution in [0.1, 0.15) is 16.2 Å². The van der Waals surface area contributed by atoms with Gasteiger partial charge in [0.2, 0.25) is 0 Å². The number of para-hydroxylation sites is 1. The maximum Gasteiger partial charge on any atom is 0.301 e. The number of aromatic nitrogens is 1. The van der Waals surface area contributed by atoms with Crippen LogP contribution in [-0.2, 0) is 0 Å². The maximum atomic E-state index is 10.5. The SMILES string of the molecule is N#Cc1nc2cccc(C=O)c2o1. The fraction of sp³-hybridized carbons (Fsp3) is 0. The van der Waals surface area contributed by atoms with Gasteiger partial charge in [-0.1, -0.05) is 6.07 Å². The highest BCUT2D eigenvalue weighted by Gasteiger charge is 2.07. The molecule has 0 saturated carbocycles. The molecule has 0 N–H and O–H groups in total. The van der Waals surface area contributed by atoms with Crippen LogP contribution in [0, 0.1) is 11.3 Å². The largest absolute Gasteiger partial charge is 0.428 e. The zero-order chi connectivity index (χ0) is 9.26. The lowest BCUT2D eigenvalue weighted by Gasteiger charge is -1.88. The minimum absolute atomic E-state index is 0.0238. The van der Waals surface area contributed by atoms with Crippen molar-refractivity contribution in [2.24, 2.45) is 0 Å². The summed E-state index contributed by atoms with van der Waals surface area (Å²) in [6, 6.07) is 6.76. The predicted molar refractivity (Wildman–Crippen MR) is 44.1 cm³/mol. The van der Waals surface area contributed by atoms with Gasteiger partial charge in [0.1, 0.15) is 5.52 Å². The molecule has 1 aromatic heterocycles. The molecule has 2 aromatic rings. The first-order chi connectivity index (χ1) is 6.35. The van der Waals surface area contributed by atoms with Gasteiger partial charge in [-0.15, -0.1) is 0 Å². The number of aldehydes is 1. The Morgan fingerprint density at radius 2 is 2.38 bits per heavy atom. The van der Waals surface area contributed by atoms with Crippen LogP contribution in [0.4, 0.5) is 0 Å². The number of nitrogens with zero attached hydrogens (tertiary/aromatic N) is 2. The highest BCUT2D eigenvalue weighted by molar-refractivity contribution is 5.92. The standard InChI is InChI=1S/C9H4N2O2/c10-4-8-11-7-3-1-2-6(5-12)9(7)13-8/h1-3,5H. The van der Waals surface area contributed by atoms with Crippen LogP contribution in [0.5, 0.6) is 0 Å².